The minimum Gasteiger partial charge on any atom is -0.496 e. The quantitative estimate of drug-likeness (QED) is 0.753. The van der Waals surface area contributed by atoms with Crippen LogP contribution in [-0.2, 0) is 0 Å². The largest absolute Gasteiger partial charge is 0.496 e. The fraction of sp³-hybridized carbons (Fsp3) is 0.0500. The van der Waals surface area contributed by atoms with Gasteiger partial charge in [0.25, 0.3) is 5.91 Å². The average Bonchev–Trinajstić information content (AvgIpc) is 2.63. The van der Waals surface area contributed by atoms with Crippen LogP contribution in [0.4, 0.5) is 10.1 Å². The van der Waals surface area contributed by atoms with E-state index in [1.54, 1.807) is 31.4 Å². The molecule has 1 N–H and O–H groups in total. The zero-order chi connectivity index (χ0) is 16.9. The molecular weight excluding hydrogens is 305 g/mol. The van der Waals surface area contributed by atoms with E-state index >= 15 is 0 Å². The summed E-state index contributed by atoms with van der Waals surface area (Å²) in [6.45, 7) is 0. The lowest BCUT2D eigenvalue weighted by atomic mass is 10.0. The Bertz CT molecular complexity index is 863. The normalized spacial score (nSPS) is 10.2. The highest BCUT2D eigenvalue weighted by molar-refractivity contribution is 6.05. The molecule has 0 bridgehead atoms. The van der Waals surface area contributed by atoms with Crippen LogP contribution in [0.5, 0.6) is 5.75 Å². The Kier molecular flexibility index (Phi) is 4.57. The third-order valence-corrected chi connectivity index (χ3v) is 3.67. The molecule has 0 radical (unpaired) electrons. The molecule has 24 heavy (non-hydrogen) atoms. The van der Waals surface area contributed by atoms with Crippen LogP contribution in [0.2, 0.25) is 0 Å². The van der Waals surface area contributed by atoms with Crippen molar-refractivity contribution in [3.8, 4) is 16.9 Å². The summed E-state index contributed by atoms with van der Waals surface area (Å²) in [5, 5.41) is 2.57. The predicted octanol–water partition coefficient (Wildman–Crippen LogP) is 4.75. The lowest BCUT2D eigenvalue weighted by Gasteiger charge is -2.11. The number of methoxy groups -OCH3 is 1. The minimum atomic E-state index is -0.473. The summed E-state index contributed by atoms with van der Waals surface area (Å²) in [6.07, 6.45) is 0. The molecule has 0 fully saturated rings. The number of carbonyl (C=O) groups excluding carboxylic acids is 1. The number of hydrogen-bond donors (Lipinski definition) is 1. The van der Waals surface area contributed by atoms with Crippen molar-refractivity contribution in [2.75, 3.05) is 12.4 Å². The third kappa shape index (κ3) is 3.27. The van der Waals surface area contributed by atoms with Gasteiger partial charge in [0.15, 0.2) is 0 Å². The Morgan fingerprint density at radius 2 is 1.67 bits per heavy atom. The molecule has 0 saturated carbocycles. The van der Waals surface area contributed by atoms with E-state index in [0.29, 0.717) is 11.3 Å². The van der Waals surface area contributed by atoms with Crippen molar-refractivity contribution in [2.24, 2.45) is 0 Å². The van der Waals surface area contributed by atoms with E-state index in [4.69, 9.17) is 4.74 Å². The van der Waals surface area contributed by atoms with E-state index in [1.165, 1.54) is 12.1 Å². The molecule has 0 spiro atoms. The van der Waals surface area contributed by atoms with Crippen LogP contribution in [0.1, 0.15) is 10.4 Å². The van der Waals surface area contributed by atoms with Crippen molar-refractivity contribution in [3.63, 3.8) is 0 Å². The number of nitrogens with one attached hydrogen (secondary N) is 1. The summed E-state index contributed by atoms with van der Waals surface area (Å²) < 4.78 is 19.1. The molecule has 0 aromatic heterocycles. The minimum absolute atomic E-state index is 0.147. The summed E-state index contributed by atoms with van der Waals surface area (Å²) in [7, 11) is 1.56. The molecule has 4 heteroatoms. The van der Waals surface area contributed by atoms with Crippen molar-refractivity contribution < 1.29 is 13.9 Å². The number of halogens is 1. The second-order valence-corrected chi connectivity index (χ2v) is 5.22. The number of rotatable bonds is 4. The molecule has 3 aromatic carbocycles. The smallest absolute Gasteiger partial charge is 0.255 e. The number of carbonyl (C=O) groups is 1. The summed E-state index contributed by atoms with van der Waals surface area (Å²) in [4.78, 5) is 12.3. The Balaban J connectivity index is 1.90. The number of anilines is 1. The molecule has 0 unspecified atom stereocenters. The SMILES string of the molecule is COc1cc(C(=O)Nc2ccccc2F)ccc1-c1ccccc1. The van der Waals surface area contributed by atoms with Crippen LogP contribution in [0, 0.1) is 5.82 Å². The summed E-state index contributed by atoms with van der Waals surface area (Å²) in [6, 6.07) is 21.0. The molecule has 0 atom stereocenters. The second kappa shape index (κ2) is 6.96. The van der Waals surface area contributed by atoms with E-state index < -0.39 is 11.7 Å². The highest BCUT2D eigenvalue weighted by atomic mass is 19.1. The number of amides is 1. The van der Waals surface area contributed by atoms with Gasteiger partial charge in [0.1, 0.15) is 11.6 Å². The topological polar surface area (TPSA) is 38.3 Å². The molecule has 0 saturated heterocycles. The molecular formula is C20H16FNO2. The van der Waals surface area contributed by atoms with E-state index in [1.807, 2.05) is 36.4 Å². The first-order chi connectivity index (χ1) is 11.7. The molecule has 3 rings (SSSR count). The molecule has 120 valence electrons. The Labute approximate surface area is 139 Å². The van der Waals surface area contributed by atoms with Gasteiger partial charge < -0.3 is 10.1 Å². The lowest BCUT2D eigenvalue weighted by molar-refractivity contribution is 0.102. The maximum atomic E-state index is 13.7. The zero-order valence-corrected chi connectivity index (χ0v) is 13.1. The molecule has 3 nitrogen and oxygen atoms in total. The van der Waals surface area contributed by atoms with Crippen LogP contribution < -0.4 is 10.1 Å². The molecule has 0 aliphatic rings. The molecule has 1 amide bonds. The van der Waals surface area contributed by atoms with Gasteiger partial charge in [-0.15, -0.1) is 0 Å². The molecule has 0 aliphatic carbocycles. The summed E-state index contributed by atoms with van der Waals surface area (Å²) in [5.41, 5.74) is 2.43. The molecule has 3 aromatic rings. The Morgan fingerprint density at radius 1 is 0.958 bits per heavy atom. The summed E-state index contributed by atoms with van der Waals surface area (Å²) >= 11 is 0. The van der Waals surface area contributed by atoms with Crippen molar-refractivity contribution >= 4 is 11.6 Å². The van der Waals surface area contributed by atoms with Crippen LogP contribution in [0.15, 0.2) is 72.8 Å². The highest BCUT2D eigenvalue weighted by Gasteiger charge is 2.13. The Morgan fingerprint density at radius 3 is 2.38 bits per heavy atom. The van der Waals surface area contributed by atoms with E-state index in [2.05, 4.69) is 5.32 Å². The van der Waals surface area contributed by atoms with Crippen molar-refractivity contribution in [1.82, 2.24) is 0 Å². The van der Waals surface area contributed by atoms with Gasteiger partial charge in [-0.2, -0.15) is 0 Å². The average molecular weight is 321 g/mol. The van der Waals surface area contributed by atoms with E-state index in [0.717, 1.165) is 11.1 Å². The molecule has 0 aliphatic heterocycles. The fourth-order valence-electron chi connectivity index (χ4n) is 2.45. The van der Waals surface area contributed by atoms with Gasteiger partial charge in [-0.1, -0.05) is 42.5 Å². The van der Waals surface area contributed by atoms with Crippen molar-refractivity contribution in [2.45, 2.75) is 0 Å². The molecule has 0 heterocycles. The monoisotopic (exact) mass is 321 g/mol. The Hall–Kier alpha value is -3.14. The van der Waals surface area contributed by atoms with Gasteiger partial charge in [0.2, 0.25) is 0 Å². The number of benzene rings is 3. The predicted molar refractivity (Wildman–Crippen MR) is 92.8 cm³/mol. The van der Waals surface area contributed by atoms with Crippen LogP contribution >= 0.6 is 0 Å². The van der Waals surface area contributed by atoms with Crippen LogP contribution in [0.3, 0.4) is 0 Å². The first kappa shape index (κ1) is 15.7. The standard InChI is InChI=1S/C20H16FNO2/c1-24-19-13-15(11-12-16(19)14-7-3-2-4-8-14)20(23)22-18-10-6-5-9-17(18)21/h2-13H,1H3,(H,22,23). The van der Waals surface area contributed by atoms with Gasteiger partial charge in [-0.25, -0.2) is 4.39 Å². The lowest BCUT2D eigenvalue weighted by Crippen LogP contribution is -2.13. The van der Waals surface area contributed by atoms with E-state index in [-0.39, 0.29) is 5.69 Å². The maximum Gasteiger partial charge on any atom is 0.255 e. The maximum absolute atomic E-state index is 13.7. The first-order valence-corrected chi connectivity index (χ1v) is 7.48. The van der Waals surface area contributed by atoms with Gasteiger partial charge in [0, 0.05) is 11.1 Å². The second-order valence-electron chi connectivity index (χ2n) is 5.22. The van der Waals surface area contributed by atoms with Gasteiger partial charge >= 0.3 is 0 Å². The number of ether oxygens (including phenoxy) is 1. The first-order valence-electron chi connectivity index (χ1n) is 7.48. The number of para-hydroxylation sites is 1. The zero-order valence-electron chi connectivity index (χ0n) is 13.1. The van der Waals surface area contributed by atoms with Gasteiger partial charge in [-0.05, 0) is 35.9 Å². The summed E-state index contributed by atoms with van der Waals surface area (Å²) in [5.74, 6) is -0.279. The van der Waals surface area contributed by atoms with Crippen molar-refractivity contribution in [1.29, 1.82) is 0 Å². The van der Waals surface area contributed by atoms with Gasteiger partial charge in [0.05, 0.1) is 12.8 Å². The number of hydrogen-bond acceptors (Lipinski definition) is 2. The fourth-order valence-corrected chi connectivity index (χ4v) is 2.45. The van der Waals surface area contributed by atoms with E-state index in [9.17, 15) is 9.18 Å². The third-order valence-electron chi connectivity index (χ3n) is 3.67. The van der Waals surface area contributed by atoms with Crippen molar-refractivity contribution in [3.05, 3.63) is 84.2 Å². The van der Waals surface area contributed by atoms with Crippen LogP contribution in [0.25, 0.3) is 11.1 Å². The van der Waals surface area contributed by atoms with Crippen LogP contribution in [-0.4, -0.2) is 13.0 Å². The highest BCUT2D eigenvalue weighted by Crippen LogP contribution is 2.31. The van der Waals surface area contributed by atoms with Gasteiger partial charge in [-0.3, -0.25) is 4.79 Å².